The smallest absolute Gasteiger partial charge is 0.322 e. The van der Waals surface area contributed by atoms with Gasteiger partial charge in [-0.15, -0.1) is 0 Å². The van der Waals surface area contributed by atoms with Crippen LogP contribution in [0.1, 0.15) is 26.3 Å². The van der Waals surface area contributed by atoms with Crippen molar-refractivity contribution >= 4 is 17.8 Å². The molecule has 2 aromatic rings. The van der Waals surface area contributed by atoms with Crippen LogP contribution in [0.15, 0.2) is 41.3 Å². The Morgan fingerprint density at radius 2 is 1.80 bits per heavy atom. The molecule has 0 spiro atoms. The van der Waals surface area contributed by atoms with Gasteiger partial charge in [0.1, 0.15) is 17.9 Å². The highest BCUT2D eigenvalue weighted by Gasteiger charge is 2.24. The summed E-state index contributed by atoms with van der Waals surface area (Å²) >= 11 is 0. The summed E-state index contributed by atoms with van der Waals surface area (Å²) < 4.78 is 1.05. The van der Waals surface area contributed by atoms with Gasteiger partial charge in [0.05, 0.1) is 12.1 Å². The summed E-state index contributed by atoms with van der Waals surface area (Å²) in [5.74, 6) is -4.37. The van der Waals surface area contributed by atoms with Crippen molar-refractivity contribution in [3.05, 3.63) is 63.6 Å². The van der Waals surface area contributed by atoms with Crippen molar-refractivity contribution < 1.29 is 24.6 Å². The molecule has 1 aromatic carbocycles. The van der Waals surface area contributed by atoms with Crippen LogP contribution in [0.5, 0.6) is 5.75 Å². The van der Waals surface area contributed by atoms with Crippen LogP contribution in [0, 0.1) is 0 Å². The SMILES string of the molecule is NC(=O)c1cn(Cc2ccccc2)c(=O)c(C(=O)NCC(=O)O)c1O. The minimum Gasteiger partial charge on any atom is -0.506 e. The Morgan fingerprint density at radius 1 is 1.16 bits per heavy atom. The van der Waals surface area contributed by atoms with Gasteiger partial charge in [0.2, 0.25) is 0 Å². The third kappa shape index (κ3) is 4.02. The highest BCUT2D eigenvalue weighted by atomic mass is 16.4. The monoisotopic (exact) mass is 345 g/mol. The topological polar surface area (TPSA) is 152 Å². The summed E-state index contributed by atoms with van der Waals surface area (Å²) in [7, 11) is 0. The predicted molar refractivity (Wildman–Crippen MR) is 86.4 cm³/mol. The number of primary amides is 1. The fourth-order valence-electron chi connectivity index (χ4n) is 2.18. The third-order valence-corrected chi connectivity index (χ3v) is 3.34. The number of amides is 2. The summed E-state index contributed by atoms with van der Waals surface area (Å²) in [4.78, 5) is 46.6. The fourth-order valence-corrected chi connectivity index (χ4v) is 2.18. The lowest BCUT2D eigenvalue weighted by Crippen LogP contribution is -2.36. The average molecular weight is 345 g/mol. The Balaban J connectivity index is 2.54. The second kappa shape index (κ2) is 7.30. The van der Waals surface area contributed by atoms with E-state index in [0.717, 1.165) is 10.8 Å². The number of nitrogens with two attached hydrogens (primary N) is 1. The molecule has 2 amide bonds. The van der Waals surface area contributed by atoms with Crippen LogP contribution in [0.25, 0.3) is 0 Å². The van der Waals surface area contributed by atoms with Gasteiger partial charge in [0.25, 0.3) is 17.4 Å². The summed E-state index contributed by atoms with van der Waals surface area (Å²) in [6.07, 6.45) is 1.06. The molecule has 0 saturated heterocycles. The first-order valence-electron chi connectivity index (χ1n) is 7.11. The van der Waals surface area contributed by atoms with Crippen molar-refractivity contribution in [3.8, 4) is 5.75 Å². The van der Waals surface area contributed by atoms with Gasteiger partial charge in [-0.25, -0.2) is 0 Å². The van der Waals surface area contributed by atoms with Crippen molar-refractivity contribution in [3.63, 3.8) is 0 Å². The lowest BCUT2D eigenvalue weighted by molar-refractivity contribution is -0.135. The number of rotatable bonds is 6. The molecular weight excluding hydrogens is 330 g/mol. The van der Waals surface area contributed by atoms with Crippen molar-refractivity contribution in [2.45, 2.75) is 6.54 Å². The lowest BCUT2D eigenvalue weighted by atomic mass is 10.1. The summed E-state index contributed by atoms with van der Waals surface area (Å²) in [5, 5.41) is 20.6. The van der Waals surface area contributed by atoms with Crippen LogP contribution in [0.3, 0.4) is 0 Å². The van der Waals surface area contributed by atoms with E-state index in [9.17, 15) is 24.3 Å². The number of nitrogens with one attached hydrogen (secondary N) is 1. The number of aromatic nitrogens is 1. The first-order valence-corrected chi connectivity index (χ1v) is 7.11. The number of nitrogens with zero attached hydrogens (tertiary/aromatic N) is 1. The molecule has 9 nitrogen and oxygen atoms in total. The number of hydrogen-bond donors (Lipinski definition) is 4. The highest BCUT2D eigenvalue weighted by molar-refractivity contribution is 6.03. The van der Waals surface area contributed by atoms with Crippen LogP contribution in [-0.4, -0.2) is 39.1 Å². The number of benzene rings is 1. The van der Waals surface area contributed by atoms with Crippen molar-refractivity contribution in [1.29, 1.82) is 0 Å². The third-order valence-electron chi connectivity index (χ3n) is 3.34. The molecule has 0 aliphatic heterocycles. The Kier molecular flexibility index (Phi) is 5.18. The predicted octanol–water partition coefficient (Wildman–Crippen LogP) is -0.484. The van der Waals surface area contributed by atoms with Crippen molar-refractivity contribution in [2.75, 3.05) is 6.54 Å². The van der Waals surface area contributed by atoms with Gasteiger partial charge in [0, 0.05) is 6.20 Å². The highest BCUT2D eigenvalue weighted by Crippen LogP contribution is 2.19. The first-order chi connectivity index (χ1) is 11.8. The van der Waals surface area contributed by atoms with E-state index in [-0.39, 0.29) is 6.54 Å². The van der Waals surface area contributed by atoms with E-state index in [0.29, 0.717) is 5.56 Å². The van der Waals surface area contributed by atoms with E-state index < -0.39 is 46.8 Å². The molecule has 1 aromatic heterocycles. The number of carboxylic acids is 1. The molecule has 0 saturated carbocycles. The summed E-state index contributed by atoms with van der Waals surface area (Å²) in [6, 6.07) is 8.73. The Bertz CT molecular complexity index is 889. The van der Waals surface area contributed by atoms with E-state index in [1.165, 1.54) is 0 Å². The maximum Gasteiger partial charge on any atom is 0.322 e. The van der Waals surface area contributed by atoms with Crippen molar-refractivity contribution in [2.24, 2.45) is 5.73 Å². The molecular formula is C16H15N3O6. The molecule has 0 bridgehead atoms. The van der Waals surface area contributed by atoms with Gasteiger partial charge in [-0.3, -0.25) is 19.2 Å². The number of pyridine rings is 1. The van der Waals surface area contributed by atoms with Crippen LogP contribution >= 0.6 is 0 Å². The molecule has 25 heavy (non-hydrogen) atoms. The van der Waals surface area contributed by atoms with E-state index in [4.69, 9.17) is 10.8 Å². The molecule has 5 N–H and O–H groups in total. The minimum atomic E-state index is -1.33. The number of carbonyl (C=O) groups excluding carboxylic acids is 2. The Labute approximate surface area is 141 Å². The van der Waals surface area contributed by atoms with E-state index in [1.54, 1.807) is 30.3 Å². The Morgan fingerprint density at radius 3 is 2.36 bits per heavy atom. The number of carboxylic acid groups (broad SMARTS) is 1. The van der Waals surface area contributed by atoms with Crippen LogP contribution < -0.4 is 16.6 Å². The van der Waals surface area contributed by atoms with E-state index in [1.807, 2.05) is 5.32 Å². The van der Waals surface area contributed by atoms with E-state index >= 15 is 0 Å². The molecule has 2 rings (SSSR count). The maximum absolute atomic E-state index is 12.5. The first kappa shape index (κ1) is 17.7. The number of aliphatic carboxylic acids is 1. The standard InChI is InChI=1S/C16H15N3O6/c17-14(23)10-8-19(7-9-4-2-1-3-5-9)16(25)12(13(10)22)15(24)18-6-11(20)21/h1-5,8,22H,6-7H2,(H2,17,23)(H,18,24)(H,20,21). The van der Waals surface area contributed by atoms with Gasteiger partial charge in [-0.2, -0.15) is 0 Å². The van der Waals surface area contributed by atoms with E-state index in [2.05, 4.69) is 0 Å². The lowest BCUT2D eigenvalue weighted by Gasteiger charge is -2.13. The minimum absolute atomic E-state index is 0.0272. The number of hydrogen-bond acceptors (Lipinski definition) is 5. The van der Waals surface area contributed by atoms with Gasteiger partial charge >= 0.3 is 5.97 Å². The molecule has 0 fully saturated rings. The van der Waals surface area contributed by atoms with Crippen molar-refractivity contribution in [1.82, 2.24) is 9.88 Å². The molecule has 1 heterocycles. The molecule has 130 valence electrons. The largest absolute Gasteiger partial charge is 0.506 e. The normalized spacial score (nSPS) is 10.2. The fraction of sp³-hybridized carbons (Fsp3) is 0.125. The second-order valence-electron chi connectivity index (χ2n) is 5.13. The molecule has 0 unspecified atom stereocenters. The zero-order chi connectivity index (χ0) is 18.6. The summed E-state index contributed by atoms with van der Waals surface area (Å²) in [5.41, 5.74) is 3.85. The molecule has 0 radical (unpaired) electrons. The Hall–Kier alpha value is -3.62. The maximum atomic E-state index is 12.5. The van der Waals surface area contributed by atoms with Gasteiger partial charge in [0.15, 0.2) is 0 Å². The molecule has 0 aliphatic rings. The molecule has 0 aliphatic carbocycles. The average Bonchev–Trinajstić information content (AvgIpc) is 2.56. The second-order valence-corrected chi connectivity index (χ2v) is 5.13. The zero-order valence-corrected chi connectivity index (χ0v) is 12.9. The van der Waals surface area contributed by atoms with Gasteiger partial charge in [-0.05, 0) is 5.56 Å². The van der Waals surface area contributed by atoms with Crippen LogP contribution in [0.4, 0.5) is 0 Å². The van der Waals surface area contributed by atoms with Gasteiger partial charge < -0.3 is 25.8 Å². The molecule has 9 heteroatoms. The zero-order valence-electron chi connectivity index (χ0n) is 12.9. The number of carbonyl (C=O) groups is 3. The van der Waals surface area contributed by atoms with Crippen LogP contribution in [0.2, 0.25) is 0 Å². The van der Waals surface area contributed by atoms with Gasteiger partial charge in [-0.1, -0.05) is 30.3 Å². The quantitative estimate of drug-likeness (QED) is 0.555. The van der Waals surface area contributed by atoms with Crippen LogP contribution in [-0.2, 0) is 11.3 Å². The number of aromatic hydroxyl groups is 1. The summed E-state index contributed by atoms with van der Waals surface area (Å²) in [6.45, 7) is -0.726. The molecule has 0 atom stereocenters.